The minimum atomic E-state index is 0.250. The molecule has 0 unspecified atom stereocenters. The lowest BCUT2D eigenvalue weighted by atomic mass is 10.2. The van der Waals surface area contributed by atoms with Gasteiger partial charge in [-0.25, -0.2) is 9.97 Å². The lowest BCUT2D eigenvalue weighted by Crippen LogP contribution is -2.46. The number of rotatable bonds is 4. The molecule has 0 atom stereocenters. The number of piperazine rings is 1. The van der Waals surface area contributed by atoms with Crippen LogP contribution in [0.25, 0.3) is 11.4 Å². The van der Waals surface area contributed by atoms with Gasteiger partial charge in [-0.2, -0.15) is 9.59 Å². The molecule has 2 aromatic heterocycles. The molecule has 0 spiro atoms. The summed E-state index contributed by atoms with van der Waals surface area (Å²) >= 11 is 0. The first-order chi connectivity index (χ1) is 14.7. The van der Waals surface area contributed by atoms with Crippen molar-refractivity contribution in [2.45, 2.75) is 25.7 Å². The molecular formula is C23H25N5O2. The first-order valence-electron chi connectivity index (χ1n) is 10.2. The Labute approximate surface area is 175 Å². The van der Waals surface area contributed by atoms with E-state index in [0.29, 0.717) is 5.92 Å². The second-order valence-electron chi connectivity index (χ2n) is 7.76. The SMILES string of the molecule is Cc1ccc(N2CCN(c3ccc(-c4ncc(C5CC5)[nH]4)cn3)CC2)cc1.O=C=O. The molecule has 154 valence electrons. The third-order valence-electron chi connectivity index (χ3n) is 5.64. The van der Waals surface area contributed by atoms with Gasteiger partial charge in [0.15, 0.2) is 0 Å². The van der Waals surface area contributed by atoms with E-state index in [-0.39, 0.29) is 6.15 Å². The van der Waals surface area contributed by atoms with Crippen molar-refractivity contribution in [3.05, 3.63) is 60.0 Å². The molecule has 30 heavy (non-hydrogen) atoms. The van der Waals surface area contributed by atoms with E-state index in [0.717, 1.165) is 43.4 Å². The van der Waals surface area contributed by atoms with Gasteiger partial charge in [-0.1, -0.05) is 17.7 Å². The fraction of sp³-hybridized carbons (Fsp3) is 0.348. The molecule has 3 aromatic rings. The predicted molar refractivity (Wildman–Crippen MR) is 114 cm³/mol. The minimum Gasteiger partial charge on any atom is -0.368 e. The molecule has 2 fully saturated rings. The van der Waals surface area contributed by atoms with E-state index in [2.05, 4.69) is 63.1 Å². The number of hydrogen-bond acceptors (Lipinski definition) is 6. The van der Waals surface area contributed by atoms with Crippen molar-refractivity contribution in [1.29, 1.82) is 0 Å². The van der Waals surface area contributed by atoms with Crippen molar-refractivity contribution < 1.29 is 9.59 Å². The topological polar surface area (TPSA) is 82.2 Å². The molecular weight excluding hydrogens is 378 g/mol. The normalized spacial score (nSPS) is 15.9. The third-order valence-corrected chi connectivity index (χ3v) is 5.64. The Morgan fingerprint density at radius 2 is 1.57 bits per heavy atom. The summed E-state index contributed by atoms with van der Waals surface area (Å²) in [6.45, 7) is 6.16. The van der Waals surface area contributed by atoms with Gasteiger partial charge in [0.1, 0.15) is 11.6 Å². The van der Waals surface area contributed by atoms with Crippen LogP contribution in [-0.2, 0) is 9.59 Å². The Bertz CT molecular complexity index is 995. The molecule has 7 nitrogen and oxygen atoms in total. The summed E-state index contributed by atoms with van der Waals surface area (Å²) in [5.74, 6) is 2.68. The van der Waals surface area contributed by atoms with Crippen LogP contribution < -0.4 is 9.80 Å². The highest BCUT2D eigenvalue weighted by Crippen LogP contribution is 2.39. The number of nitrogens with zero attached hydrogens (tertiary/aromatic N) is 4. The summed E-state index contributed by atoms with van der Waals surface area (Å²) < 4.78 is 0. The predicted octanol–water partition coefficient (Wildman–Crippen LogP) is 3.40. The largest absolute Gasteiger partial charge is 0.373 e. The summed E-state index contributed by atoms with van der Waals surface area (Å²) in [6.07, 6.45) is 6.74. The van der Waals surface area contributed by atoms with Crippen LogP contribution in [0.2, 0.25) is 0 Å². The van der Waals surface area contributed by atoms with E-state index in [1.807, 2.05) is 12.4 Å². The summed E-state index contributed by atoms with van der Waals surface area (Å²) in [7, 11) is 0. The number of aryl methyl sites for hydroxylation is 1. The smallest absolute Gasteiger partial charge is 0.368 e. The summed E-state index contributed by atoms with van der Waals surface area (Å²) in [5.41, 5.74) is 4.94. The summed E-state index contributed by atoms with van der Waals surface area (Å²) in [4.78, 5) is 33.7. The van der Waals surface area contributed by atoms with Crippen molar-refractivity contribution in [3.8, 4) is 11.4 Å². The third kappa shape index (κ3) is 4.58. The van der Waals surface area contributed by atoms with E-state index < -0.39 is 0 Å². The Hall–Kier alpha value is -3.44. The first kappa shape index (κ1) is 19.9. The molecule has 1 aliphatic heterocycles. The van der Waals surface area contributed by atoms with Crippen LogP contribution in [-0.4, -0.2) is 47.3 Å². The van der Waals surface area contributed by atoms with Crippen molar-refractivity contribution >= 4 is 17.7 Å². The monoisotopic (exact) mass is 403 g/mol. The molecule has 0 bridgehead atoms. The molecule has 0 amide bonds. The Kier molecular flexibility index (Phi) is 5.91. The molecule has 1 aliphatic carbocycles. The fourth-order valence-corrected chi connectivity index (χ4v) is 3.75. The fourth-order valence-electron chi connectivity index (χ4n) is 3.75. The van der Waals surface area contributed by atoms with Gasteiger partial charge < -0.3 is 14.8 Å². The highest BCUT2D eigenvalue weighted by atomic mass is 16.2. The number of carbonyl (C=O) groups excluding carboxylic acids is 2. The van der Waals surface area contributed by atoms with E-state index >= 15 is 0 Å². The Morgan fingerprint density at radius 1 is 0.900 bits per heavy atom. The van der Waals surface area contributed by atoms with E-state index in [1.54, 1.807) is 0 Å². The number of benzene rings is 1. The summed E-state index contributed by atoms with van der Waals surface area (Å²) in [6, 6.07) is 13.1. The maximum absolute atomic E-state index is 8.12. The zero-order chi connectivity index (χ0) is 20.9. The van der Waals surface area contributed by atoms with E-state index in [1.165, 1.54) is 29.8 Å². The standard InChI is InChI=1S/C22H25N5.CO2/c1-16-2-7-19(8-3-16)26-10-12-27(13-11-26)21-9-6-18(14-23-21)22-24-15-20(25-22)17-4-5-17;2-1-3/h2-3,6-9,14-15,17H,4-5,10-13H2,1H3,(H,24,25);. The number of pyridine rings is 1. The number of nitrogens with one attached hydrogen (secondary N) is 1. The first-order valence-corrected chi connectivity index (χ1v) is 10.2. The number of aromatic nitrogens is 3. The van der Waals surface area contributed by atoms with E-state index in [4.69, 9.17) is 14.6 Å². The maximum Gasteiger partial charge on any atom is 0.373 e. The Morgan fingerprint density at radius 3 is 2.17 bits per heavy atom. The van der Waals surface area contributed by atoms with Crippen LogP contribution in [0.15, 0.2) is 48.8 Å². The molecule has 2 aliphatic rings. The quantitative estimate of drug-likeness (QED) is 0.719. The number of aromatic amines is 1. The van der Waals surface area contributed by atoms with Gasteiger partial charge in [0, 0.05) is 61.4 Å². The van der Waals surface area contributed by atoms with Gasteiger partial charge in [0.2, 0.25) is 0 Å². The average Bonchev–Trinajstić information content (AvgIpc) is 3.52. The molecule has 1 N–H and O–H groups in total. The average molecular weight is 403 g/mol. The van der Waals surface area contributed by atoms with Crippen LogP contribution >= 0.6 is 0 Å². The molecule has 0 radical (unpaired) electrons. The van der Waals surface area contributed by atoms with Gasteiger partial charge >= 0.3 is 6.15 Å². The second kappa shape index (κ2) is 8.93. The van der Waals surface area contributed by atoms with Gasteiger partial charge in [-0.05, 0) is 44.0 Å². The molecule has 7 heteroatoms. The minimum absolute atomic E-state index is 0.250. The molecule has 1 aromatic carbocycles. The highest BCUT2D eigenvalue weighted by Gasteiger charge is 2.25. The molecule has 3 heterocycles. The van der Waals surface area contributed by atoms with Crippen molar-refractivity contribution in [2.75, 3.05) is 36.0 Å². The van der Waals surface area contributed by atoms with Gasteiger partial charge in [0.05, 0.1) is 0 Å². The van der Waals surface area contributed by atoms with Crippen molar-refractivity contribution in [1.82, 2.24) is 15.0 Å². The van der Waals surface area contributed by atoms with Gasteiger partial charge in [-0.15, -0.1) is 0 Å². The molecule has 5 rings (SSSR count). The lowest BCUT2D eigenvalue weighted by Gasteiger charge is -2.36. The molecule has 1 saturated heterocycles. The number of H-pyrrole nitrogens is 1. The van der Waals surface area contributed by atoms with Crippen LogP contribution in [0, 0.1) is 6.92 Å². The zero-order valence-electron chi connectivity index (χ0n) is 17.0. The molecule has 1 saturated carbocycles. The number of hydrogen-bond donors (Lipinski definition) is 1. The van der Waals surface area contributed by atoms with Gasteiger partial charge in [0.25, 0.3) is 0 Å². The van der Waals surface area contributed by atoms with Crippen molar-refractivity contribution in [2.24, 2.45) is 0 Å². The summed E-state index contributed by atoms with van der Waals surface area (Å²) in [5, 5.41) is 0. The highest BCUT2D eigenvalue weighted by molar-refractivity contribution is 5.57. The Balaban J connectivity index is 0.000000687. The lowest BCUT2D eigenvalue weighted by molar-refractivity contribution is -0.191. The van der Waals surface area contributed by atoms with Crippen LogP contribution in [0.3, 0.4) is 0 Å². The number of imidazole rings is 1. The van der Waals surface area contributed by atoms with Crippen molar-refractivity contribution in [3.63, 3.8) is 0 Å². The zero-order valence-corrected chi connectivity index (χ0v) is 17.0. The van der Waals surface area contributed by atoms with Crippen LogP contribution in [0.5, 0.6) is 0 Å². The number of anilines is 2. The second-order valence-corrected chi connectivity index (χ2v) is 7.76. The van der Waals surface area contributed by atoms with Crippen LogP contribution in [0.1, 0.15) is 30.0 Å². The van der Waals surface area contributed by atoms with E-state index in [9.17, 15) is 0 Å². The van der Waals surface area contributed by atoms with Gasteiger partial charge in [-0.3, -0.25) is 0 Å². The maximum atomic E-state index is 8.12. The van der Waals surface area contributed by atoms with Crippen LogP contribution in [0.4, 0.5) is 11.5 Å².